The topological polar surface area (TPSA) is 106 Å². The molecule has 0 unspecified atom stereocenters. The second-order valence-corrected chi connectivity index (χ2v) is 6.75. The Kier molecular flexibility index (Phi) is 4.88. The average Bonchev–Trinajstić information content (AvgIpc) is 2.49. The van der Waals surface area contributed by atoms with Gasteiger partial charge >= 0.3 is 0 Å². The molecule has 7 nitrogen and oxygen atoms in total. The van der Waals surface area contributed by atoms with Gasteiger partial charge in [-0.3, -0.25) is 14.9 Å². The van der Waals surface area contributed by atoms with Crippen LogP contribution in [0.15, 0.2) is 47.4 Å². The van der Waals surface area contributed by atoms with Gasteiger partial charge in [-0.25, -0.2) is 13.1 Å². The first-order valence-corrected chi connectivity index (χ1v) is 8.22. The van der Waals surface area contributed by atoms with Crippen LogP contribution in [0.2, 0.25) is 10.0 Å². The number of benzene rings is 2. The number of hydrogen-bond acceptors (Lipinski definition) is 5. The summed E-state index contributed by atoms with van der Waals surface area (Å²) in [4.78, 5) is 21.5. The number of sulfonamides is 1. The molecule has 0 heterocycles. The number of amides is 1. The van der Waals surface area contributed by atoms with Crippen LogP contribution < -0.4 is 4.72 Å². The van der Waals surface area contributed by atoms with E-state index in [-0.39, 0.29) is 15.6 Å². The van der Waals surface area contributed by atoms with Gasteiger partial charge in [-0.1, -0.05) is 35.3 Å². The van der Waals surface area contributed by atoms with Crippen molar-refractivity contribution in [2.75, 3.05) is 0 Å². The summed E-state index contributed by atoms with van der Waals surface area (Å²) in [6.07, 6.45) is 0. The number of hydrogen-bond donors (Lipinski definition) is 1. The lowest BCUT2D eigenvalue weighted by atomic mass is 10.2. The standard InChI is InChI=1S/C13H8Cl2N2O5S/c14-9-6-5-8(7-10(9)15)13(18)16-23(21,22)12-4-2-1-3-11(12)17(19)20/h1-7H,(H,16,18). The maximum Gasteiger partial charge on any atom is 0.289 e. The van der Waals surface area contributed by atoms with E-state index < -0.39 is 31.4 Å². The number of halogens is 2. The lowest BCUT2D eigenvalue weighted by Crippen LogP contribution is -2.31. The van der Waals surface area contributed by atoms with Gasteiger partial charge in [-0.2, -0.15) is 0 Å². The van der Waals surface area contributed by atoms with Gasteiger partial charge in [0.05, 0.1) is 15.0 Å². The van der Waals surface area contributed by atoms with Crippen molar-refractivity contribution in [3.8, 4) is 0 Å². The summed E-state index contributed by atoms with van der Waals surface area (Å²) >= 11 is 11.5. The molecule has 0 atom stereocenters. The predicted octanol–water partition coefficient (Wildman–Crippen LogP) is 3.02. The summed E-state index contributed by atoms with van der Waals surface area (Å²) in [7, 11) is -4.42. The second-order valence-electron chi connectivity index (χ2n) is 4.29. The number of para-hydroxylation sites is 1. The molecular formula is C13H8Cl2N2O5S. The van der Waals surface area contributed by atoms with Crippen molar-refractivity contribution in [1.82, 2.24) is 4.72 Å². The molecule has 2 aromatic carbocycles. The molecule has 0 aliphatic carbocycles. The number of rotatable bonds is 4. The molecule has 120 valence electrons. The fraction of sp³-hybridized carbons (Fsp3) is 0. The largest absolute Gasteiger partial charge is 0.289 e. The molecule has 0 aromatic heterocycles. The summed E-state index contributed by atoms with van der Waals surface area (Å²) in [5.74, 6) is -0.985. The summed E-state index contributed by atoms with van der Waals surface area (Å²) in [5, 5.41) is 11.2. The number of carbonyl (C=O) groups is 1. The smallest absolute Gasteiger partial charge is 0.268 e. The number of nitrogens with one attached hydrogen (secondary N) is 1. The van der Waals surface area contributed by atoms with E-state index in [9.17, 15) is 23.3 Å². The van der Waals surface area contributed by atoms with Crippen LogP contribution in [0.4, 0.5) is 5.69 Å². The first kappa shape index (κ1) is 17.2. The minimum absolute atomic E-state index is 0.0541. The molecule has 1 amide bonds. The van der Waals surface area contributed by atoms with Crippen molar-refractivity contribution in [2.45, 2.75) is 4.90 Å². The molecule has 0 aliphatic rings. The van der Waals surface area contributed by atoms with Gasteiger partial charge in [0.15, 0.2) is 4.90 Å². The summed E-state index contributed by atoms with van der Waals surface area (Å²) < 4.78 is 26.2. The SMILES string of the molecule is O=C(NS(=O)(=O)c1ccccc1[N+](=O)[O-])c1ccc(Cl)c(Cl)c1. The molecule has 2 aromatic rings. The van der Waals surface area contributed by atoms with Crippen LogP contribution >= 0.6 is 23.2 Å². The molecule has 1 N–H and O–H groups in total. The fourth-order valence-electron chi connectivity index (χ4n) is 1.71. The van der Waals surface area contributed by atoms with E-state index in [1.54, 1.807) is 4.72 Å². The van der Waals surface area contributed by atoms with Crippen LogP contribution in [-0.4, -0.2) is 19.2 Å². The van der Waals surface area contributed by atoms with Crippen LogP contribution in [0.25, 0.3) is 0 Å². The molecular weight excluding hydrogens is 367 g/mol. The lowest BCUT2D eigenvalue weighted by Gasteiger charge is -2.08. The lowest BCUT2D eigenvalue weighted by molar-refractivity contribution is -0.387. The quantitative estimate of drug-likeness (QED) is 0.653. The van der Waals surface area contributed by atoms with Crippen LogP contribution in [-0.2, 0) is 10.0 Å². The van der Waals surface area contributed by atoms with Gasteiger partial charge in [0.25, 0.3) is 21.6 Å². The van der Waals surface area contributed by atoms with E-state index in [1.807, 2.05) is 0 Å². The van der Waals surface area contributed by atoms with Crippen LogP contribution in [0.5, 0.6) is 0 Å². The first-order valence-electron chi connectivity index (χ1n) is 5.98. The Labute approximate surface area is 141 Å². The summed E-state index contributed by atoms with van der Waals surface area (Å²) in [5.41, 5.74) is -0.691. The second kappa shape index (κ2) is 6.53. The Morgan fingerprint density at radius 3 is 2.35 bits per heavy atom. The van der Waals surface area contributed by atoms with Crippen molar-refractivity contribution in [3.63, 3.8) is 0 Å². The minimum Gasteiger partial charge on any atom is -0.268 e. The van der Waals surface area contributed by atoms with Gasteiger partial charge in [0.1, 0.15) is 0 Å². The Bertz CT molecular complexity index is 899. The summed E-state index contributed by atoms with van der Waals surface area (Å²) in [6, 6.07) is 8.48. The maximum absolute atomic E-state index is 12.2. The monoisotopic (exact) mass is 374 g/mol. The molecule has 0 radical (unpaired) electrons. The molecule has 0 aliphatic heterocycles. The first-order chi connectivity index (χ1) is 10.7. The minimum atomic E-state index is -4.42. The molecule has 0 bridgehead atoms. The number of nitro benzene ring substituents is 1. The third-order valence-electron chi connectivity index (χ3n) is 2.76. The highest BCUT2D eigenvalue weighted by Crippen LogP contribution is 2.24. The molecule has 0 spiro atoms. The number of nitrogens with zero attached hydrogens (tertiary/aromatic N) is 1. The zero-order chi connectivity index (χ0) is 17.2. The normalized spacial score (nSPS) is 11.0. The van der Waals surface area contributed by atoms with Gasteiger partial charge in [0.2, 0.25) is 0 Å². The third kappa shape index (κ3) is 3.79. The van der Waals surface area contributed by atoms with Crippen LogP contribution in [0, 0.1) is 10.1 Å². The maximum atomic E-state index is 12.2. The van der Waals surface area contributed by atoms with Crippen molar-refractivity contribution < 1.29 is 18.1 Å². The van der Waals surface area contributed by atoms with Crippen LogP contribution in [0.3, 0.4) is 0 Å². The van der Waals surface area contributed by atoms with Gasteiger partial charge in [-0.15, -0.1) is 0 Å². The van der Waals surface area contributed by atoms with Crippen molar-refractivity contribution in [1.29, 1.82) is 0 Å². The highest BCUT2D eigenvalue weighted by molar-refractivity contribution is 7.90. The van der Waals surface area contributed by atoms with Gasteiger partial charge in [-0.05, 0) is 24.3 Å². The van der Waals surface area contributed by atoms with Gasteiger partial charge in [0, 0.05) is 11.6 Å². The molecule has 0 fully saturated rings. The van der Waals surface area contributed by atoms with E-state index >= 15 is 0 Å². The van der Waals surface area contributed by atoms with E-state index in [1.165, 1.54) is 30.3 Å². The zero-order valence-corrected chi connectivity index (χ0v) is 13.5. The predicted molar refractivity (Wildman–Crippen MR) is 84.2 cm³/mol. The third-order valence-corrected chi connectivity index (χ3v) is 4.88. The van der Waals surface area contributed by atoms with Crippen molar-refractivity contribution in [3.05, 3.63) is 68.2 Å². The molecule has 2 rings (SSSR count). The van der Waals surface area contributed by atoms with Crippen LogP contribution in [0.1, 0.15) is 10.4 Å². The van der Waals surface area contributed by atoms with E-state index in [4.69, 9.17) is 23.2 Å². The van der Waals surface area contributed by atoms with Gasteiger partial charge < -0.3 is 0 Å². The number of carbonyl (C=O) groups excluding carboxylic acids is 1. The highest BCUT2D eigenvalue weighted by atomic mass is 35.5. The zero-order valence-electron chi connectivity index (χ0n) is 11.2. The van der Waals surface area contributed by atoms with Crippen molar-refractivity contribution >= 4 is 44.8 Å². The fourth-order valence-corrected chi connectivity index (χ4v) is 3.15. The molecule has 23 heavy (non-hydrogen) atoms. The van der Waals surface area contributed by atoms with E-state index in [2.05, 4.69) is 0 Å². The Balaban J connectivity index is 2.37. The molecule has 0 saturated heterocycles. The van der Waals surface area contributed by atoms with Crippen molar-refractivity contribution in [2.24, 2.45) is 0 Å². The Morgan fingerprint density at radius 1 is 1.09 bits per heavy atom. The van der Waals surface area contributed by atoms with E-state index in [0.717, 1.165) is 12.1 Å². The Morgan fingerprint density at radius 2 is 1.74 bits per heavy atom. The summed E-state index contributed by atoms with van der Waals surface area (Å²) in [6.45, 7) is 0. The average molecular weight is 375 g/mol. The molecule has 10 heteroatoms. The Hall–Kier alpha value is -2.16. The highest BCUT2D eigenvalue weighted by Gasteiger charge is 2.27. The molecule has 0 saturated carbocycles. The van der Waals surface area contributed by atoms with E-state index in [0.29, 0.717) is 0 Å². The number of nitro groups is 1.